The highest BCUT2D eigenvalue weighted by Gasteiger charge is 2.19. The molecule has 3 rings (SSSR count). The molecular formula is C12H8N4O3S. The molecule has 0 spiro atoms. The predicted octanol–water partition coefficient (Wildman–Crippen LogP) is 3.10. The summed E-state index contributed by atoms with van der Waals surface area (Å²) in [4.78, 5) is 23.2. The van der Waals surface area contributed by atoms with E-state index in [1.165, 1.54) is 23.7 Å². The third-order valence-electron chi connectivity index (χ3n) is 2.58. The van der Waals surface area contributed by atoms with E-state index in [2.05, 4.69) is 15.0 Å². The Morgan fingerprint density at radius 2 is 2.15 bits per heavy atom. The molecule has 0 atom stereocenters. The van der Waals surface area contributed by atoms with Crippen LogP contribution in [0.5, 0.6) is 11.6 Å². The van der Waals surface area contributed by atoms with Gasteiger partial charge in [0.1, 0.15) is 16.9 Å². The van der Waals surface area contributed by atoms with Gasteiger partial charge in [-0.15, -0.1) is 11.3 Å². The zero-order valence-electron chi connectivity index (χ0n) is 10.3. The van der Waals surface area contributed by atoms with Gasteiger partial charge in [0.2, 0.25) is 11.6 Å². The SMILES string of the molecule is Cc1ccc(Oc2ncnc3sccc23)c([N+](=O)[O-])n1. The summed E-state index contributed by atoms with van der Waals surface area (Å²) in [6.07, 6.45) is 1.36. The average Bonchev–Trinajstić information content (AvgIpc) is 2.90. The van der Waals surface area contributed by atoms with Crippen LogP contribution in [-0.2, 0) is 0 Å². The number of fused-ring (bicyclic) bond motifs is 1. The van der Waals surface area contributed by atoms with Gasteiger partial charge in [-0.25, -0.2) is 9.97 Å². The number of hydrogen-bond donors (Lipinski definition) is 0. The maximum Gasteiger partial charge on any atom is 0.407 e. The highest BCUT2D eigenvalue weighted by molar-refractivity contribution is 7.16. The van der Waals surface area contributed by atoms with Crippen molar-refractivity contribution in [1.82, 2.24) is 15.0 Å². The Bertz CT molecular complexity index is 802. The van der Waals surface area contributed by atoms with Crippen molar-refractivity contribution in [2.45, 2.75) is 6.92 Å². The van der Waals surface area contributed by atoms with Gasteiger partial charge in [-0.1, -0.05) is 0 Å². The molecule has 0 radical (unpaired) electrons. The quantitative estimate of drug-likeness (QED) is 0.543. The van der Waals surface area contributed by atoms with Crippen LogP contribution in [0.2, 0.25) is 0 Å². The fourth-order valence-electron chi connectivity index (χ4n) is 1.69. The van der Waals surface area contributed by atoms with Gasteiger partial charge in [0.05, 0.1) is 5.39 Å². The summed E-state index contributed by atoms with van der Waals surface area (Å²) in [5.41, 5.74) is 0.549. The number of pyridine rings is 1. The third kappa shape index (κ3) is 2.16. The lowest BCUT2D eigenvalue weighted by molar-refractivity contribution is -0.390. The van der Waals surface area contributed by atoms with E-state index in [0.29, 0.717) is 11.1 Å². The Morgan fingerprint density at radius 1 is 1.30 bits per heavy atom. The topological polar surface area (TPSA) is 91.0 Å². The van der Waals surface area contributed by atoms with E-state index >= 15 is 0 Å². The second-order valence-corrected chi connectivity index (χ2v) is 4.85. The third-order valence-corrected chi connectivity index (χ3v) is 3.40. The summed E-state index contributed by atoms with van der Waals surface area (Å²) in [6, 6.07) is 4.97. The van der Waals surface area contributed by atoms with Gasteiger partial charge in [0.25, 0.3) is 0 Å². The summed E-state index contributed by atoms with van der Waals surface area (Å²) >= 11 is 1.44. The molecule has 0 bridgehead atoms. The molecule has 3 aromatic heterocycles. The van der Waals surface area contributed by atoms with Crippen molar-refractivity contribution < 1.29 is 9.66 Å². The molecule has 20 heavy (non-hydrogen) atoms. The second kappa shape index (κ2) is 4.82. The monoisotopic (exact) mass is 288 g/mol. The van der Waals surface area contributed by atoms with Crippen LogP contribution in [0.15, 0.2) is 29.9 Å². The first-order valence-corrected chi connectivity index (χ1v) is 6.51. The summed E-state index contributed by atoms with van der Waals surface area (Å²) in [6.45, 7) is 1.68. The molecule has 0 aliphatic carbocycles. The van der Waals surface area contributed by atoms with E-state index in [1.807, 2.05) is 11.4 Å². The molecule has 0 saturated heterocycles. The van der Waals surface area contributed by atoms with Crippen molar-refractivity contribution in [1.29, 1.82) is 0 Å². The molecule has 0 saturated carbocycles. The van der Waals surface area contributed by atoms with Gasteiger partial charge in [-0.3, -0.25) is 0 Å². The van der Waals surface area contributed by atoms with E-state index in [4.69, 9.17) is 4.74 Å². The van der Waals surface area contributed by atoms with E-state index < -0.39 is 4.92 Å². The first-order valence-electron chi connectivity index (χ1n) is 5.63. The smallest absolute Gasteiger partial charge is 0.407 e. The minimum atomic E-state index is -0.575. The largest absolute Gasteiger partial charge is 0.429 e. The van der Waals surface area contributed by atoms with Crippen molar-refractivity contribution in [2.75, 3.05) is 0 Å². The Kier molecular flexibility index (Phi) is 2.99. The Balaban J connectivity index is 2.07. The first kappa shape index (κ1) is 12.4. The lowest BCUT2D eigenvalue weighted by Gasteiger charge is -2.05. The fraction of sp³-hybridized carbons (Fsp3) is 0.0833. The Labute approximate surface area is 117 Å². The zero-order valence-corrected chi connectivity index (χ0v) is 11.1. The average molecular weight is 288 g/mol. The van der Waals surface area contributed by atoms with Crippen molar-refractivity contribution in [3.63, 3.8) is 0 Å². The van der Waals surface area contributed by atoms with E-state index in [1.54, 1.807) is 13.0 Å². The summed E-state index contributed by atoms with van der Waals surface area (Å²) in [5.74, 6) is 0.0174. The van der Waals surface area contributed by atoms with Crippen LogP contribution in [-0.4, -0.2) is 19.9 Å². The number of thiophene rings is 1. The fourth-order valence-corrected chi connectivity index (χ4v) is 2.42. The van der Waals surface area contributed by atoms with Crippen LogP contribution in [0.4, 0.5) is 5.82 Å². The van der Waals surface area contributed by atoms with Crippen LogP contribution >= 0.6 is 11.3 Å². The van der Waals surface area contributed by atoms with Crippen LogP contribution in [0.3, 0.4) is 0 Å². The van der Waals surface area contributed by atoms with Gasteiger partial charge < -0.3 is 14.9 Å². The molecule has 0 amide bonds. The molecule has 3 aromatic rings. The number of nitrogens with zero attached hydrogens (tertiary/aromatic N) is 4. The molecule has 0 fully saturated rings. The molecule has 0 aromatic carbocycles. The number of hydrogen-bond acceptors (Lipinski definition) is 7. The maximum atomic E-state index is 11.0. The van der Waals surface area contributed by atoms with Crippen molar-refractivity contribution in [3.8, 4) is 11.6 Å². The second-order valence-electron chi connectivity index (χ2n) is 3.95. The number of nitro groups is 1. The van der Waals surface area contributed by atoms with Crippen molar-refractivity contribution in [2.24, 2.45) is 0 Å². The summed E-state index contributed by atoms with van der Waals surface area (Å²) in [7, 11) is 0. The number of rotatable bonds is 3. The highest BCUT2D eigenvalue weighted by atomic mass is 32.1. The maximum absolute atomic E-state index is 11.0. The highest BCUT2D eigenvalue weighted by Crippen LogP contribution is 2.33. The minimum Gasteiger partial charge on any atom is -0.429 e. The number of aromatic nitrogens is 3. The van der Waals surface area contributed by atoms with Crippen LogP contribution < -0.4 is 4.74 Å². The van der Waals surface area contributed by atoms with Gasteiger partial charge in [-0.2, -0.15) is 0 Å². The molecular weight excluding hydrogens is 280 g/mol. The van der Waals surface area contributed by atoms with Gasteiger partial charge in [0.15, 0.2) is 0 Å². The molecule has 7 nitrogen and oxygen atoms in total. The number of ether oxygens (including phenoxy) is 1. The predicted molar refractivity (Wildman–Crippen MR) is 73.1 cm³/mol. The van der Waals surface area contributed by atoms with Gasteiger partial charge >= 0.3 is 5.82 Å². The van der Waals surface area contributed by atoms with Gasteiger partial charge in [-0.05, 0) is 33.5 Å². The lowest BCUT2D eigenvalue weighted by atomic mass is 10.3. The Morgan fingerprint density at radius 3 is 2.95 bits per heavy atom. The van der Waals surface area contributed by atoms with Crippen LogP contribution in [0.1, 0.15) is 5.69 Å². The molecule has 0 aliphatic heterocycles. The van der Waals surface area contributed by atoms with Crippen molar-refractivity contribution in [3.05, 3.63) is 45.7 Å². The number of aryl methyl sites for hydroxylation is 1. The van der Waals surface area contributed by atoms with E-state index in [0.717, 1.165) is 4.83 Å². The van der Waals surface area contributed by atoms with E-state index in [9.17, 15) is 10.1 Å². The Hall–Kier alpha value is -2.61. The summed E-state index contributed by atoms with van der Waals surface area (Å²) < 4.78 is 5.55. The molecule has 8 heteroatoms. The minimum absolute atomic E-state index is 0.0619. The standard InChI is InChI=1S/C12H8N4O3S/c1-7-2-3-9(10(15-7)16(17)18)19-11-8-4-5-20-12(8)14-6-13-11/h2-6H,1H3. The molecule has 0 aliphatic rings. The van der Waals surface area contributed by atoms with Gasteiger partial charge in [0, 0.05) is 6.92 Å². The van der Waals surface area contributed by atoms with Crippen LogP contribution in [0.25, 0.3) is 10.2 Å². The van der Waals surface area contributed by atoms with Crippen molar-refractivity contribution >= 4 is 27.4 Å². The van der Waals surface area contributed by atoms with Crippen LogP contribution in [0, 0.1) is 17.0 Å². The molecule has 0 unspecified atom stereocenters. The van der Waals surface area contributed by atoms with E-state index in [-0.39, 0.29) is 17.4 Å². The zero-order chi connectivity index (χ0) is 14.1. The lowest BCUT2D eigenvalue weighted by Crippen LogP contribution is -1.98. The summed E-state index contributed by atoms with van der Waals surface area (Å²) in [5, 5.41) is 13.6. The molecule has 0 N–H and O–H groups in total. The molecule has 3 heterocycles. The first-order chi connectivity index (χ1) is 9.65. The molecule has 100 valence electrons. The normalized spacial score (nSPS) is 10.7.